The number of benzene rings is 1. The molecule has 0 aliphatic carbocycles. The third kappa shape index (κ3) is 3.01. The summed E-state index contributed by atoms with van der Waals surface area (Å²) in [6.07, 6.45) is 0. The molecule has 2 nitrogen and oxygen atoms in total. The Balaban J connectivity index is 2.97. The molecular formula is C12H19BrO2Si. The van der Waals surface area contributed by atoms with Crippen LogP contribution in [0, 0.1) is 0 Å². The van der Waals surface area contributed by atoms with E-state index in [0.29, 0.717) is 0 Å². The van der Waals surface area contributed by atoms with Crippen molar-refractivity contribution in [3.63, 3.8) is 0 Å². The Morgan fingerprint density at radius 1 is 1.25 bits per heavy atom. The van der Waals surface area contributed by atoms with Crippen molar-refractivity contribution >= 4 is 24.2 Å². The van der Waals surface area contributed by atoms with Gasteiger partial charge in [0.05, 0.1) is 4.47 Å². The van der Waals surface area contributed by atoms with Crippen molar-refractivity contribution in [3.8, 4) is 11.5 Å². The quantitative estimate of drug-likeness (QED) is 0.813. The lowest BCUT2D eigenvalue weighted by atomic mass is 10.2. The van der Waals surface area contributed by atoms with Gasteiger partial charge in [0.25, 0.3) is 8.32 Å². The van der Waals surface area contributed by atoms with Crippen molar-refractivity contribution in [3.05, 3.63) is 22.7 Å². The van der Waals surface area contributed by atoms with Gasteiger partial charge >= 0.3 is 0 Å². The summed E-state index contributed by atoms with van der Waals surface area (Å²) in [5.74, 6) is 1.05. The number of hydrogen-bond donors (Lipinski definition) is 1. The summed E-state index contributed by atoms with van der Waals surface area (Å²) >= 11 is 3.40. The van der Waals surface area contributed by atoms with Crippen LogP contribution in [0.25, 0.3) is 0 Å². The summed E-state index contributed by atoms with van der Waals surface area (Å²) in [6, 6.07) is 5.11. The molecule has 0 aromatic heterocycles. The number of phenolic OH excluding ortho intramolecular Hbond substituents is 1. The van der Waals surface area contributed by atoms with Crippen LogP contribution in [0.15, 0.2) is 22.7 Å². The summed E-state index contributed by atoms with van der Waals surface area (Å²) < 4.78 is 6.94. The summed E-state index contributed by atoms with van der Waals surface area (Å²) in [7, 11) is -1.81. The van der Waals surface area contributed by atoms with Gasteiger partial charge in [-0.25, -0.2) is 0 Å². The highest BCUT2D eigenvalue weighted by Gasteiger charge is 2.39. The molecule has 1 rings (SSSR count). The van der Waals surface area contributed by atoms with Gasteiger partial charge in [0.2, 0.25) is 0 Å². The first-order chi connectivity index (χ1) is 7.13. The molecule has 0 unspecified atom stereocenters. The topological polar surface area (TPSA) is 29.5 Å². The average Bonchev–Trinajstić information content (AvgIpc) is 2.08. The molecule has 0 atom stereocenters. The molecule has 4 heteroatoms. The lowest BCUT2D eigenvalue weighted by Crippen LogP contribution is -2.43. The molecule has 0 heterocycles. The van der Waals surface area contributed by atoms with Crippen molar-refractivity contribution in [2.24, 2.45) is 0 Å². The summed E-state index contributed by atoms with van der Waals surface area (Å²) in [4.78, 5) is 0. The van der Waals surface area contributed by atoms with E-state index < -0.39 is 8.32 Å². The number of phenols is 1. The maximum Gasteiger partial charge on any atom is 0.250 e. The van der Waals surface area contributed by atoms with E-state index in [-0.39, 0.29) is 10.8 Å². The van der Waals surface area contributed by atoms with Crippen LogP contribution in [0.2, 0.25) is 18.1 Å². The zero-order valence-electron chi connectivity index (χ0n) is 10.5. The lowest BCUT2D eigenvalue weighted by molar-refractivity contribution is 0.467. The Kier molecular flexibility index (Phi) is 3.75. The van der Waals surface area contributed by atoms with Crippen LogP contribution in [0.4, 0.5) is 0 Å². The van der Waals surface area contributed by atoms with Gasteiger partial charge in [-0.1, -0.05) is 20.8 Å². The molecule has 1 aromatic rings. The molecule has 0 saturated heterocycles. The van der Waals surface area contributed by atoms with Gasteiger partial charge in [-0.3, -0.25) is 0 Å². The van der Waals surface area contributed by atoms with Crippen LogP contribution < -0.4 is 4.43 Å². The zero-order chi connectivity index (χ0) is 12.6. The van der Waals surface area contributed by atoms with Crippen molar-refractivity contribution in [2.75, 3.05) is 0 Å². The normalized spacial score (nSPS) is 12.6. The van der Waals surface area contributed by atoms with E-state index in [0.717, 1.165) is 10.2 Å². The minimum absolute atomic E-state index is 0.171. The summed E-state index contributed by atoms with van der Waals surface area (Å²) in [5.41, 5.74) is 0. The van der Waals surface area contributed by atoms with E-state index in [1.54, 1.807) is 18.2 Å². The van der Waals surface area contributed by atoms with Gasteiger partial charge in [-0.15, -0.1) is 0 Å². The van der Waals surface area contributed by atoms with Crippen LogP contribution in [0.5, 0.6) is 11.5 Å². The molecule has 0 saturated carbocycles. The second kappa shape index (κ2) is 4.41. The Bertz CT molecular complexity index is 383. The second-order valence-electron chi connectivity index (χ2n) is 5.48. The molecule has 1 aromatic carbocycles. The molecule has 0 spiro atoms. The van der Waals surface area contributed by atoms with Crippen LogP contribution in [-0.2, 0) is 0 Å². The SMILES string of the molecule is CC(C)(C)[Si](C)(C)Oc1ccc(O)cc1Br. The molecule has 0 bridgehead atoms. The van der Waals surface area contributed by atoms with E-state index in [2.05, 4.69) is 49.8 Å². The minimum Gasteiger partial charge on any atom is -0.543 e. The maximum atomic E-state index is 9.32. The number of hydrogen-bond acceptors (Lipinski definition) is 2. The summed E-state index contributed by atoms with van der Waals surface area (Å²) in [6.45, 7) is 11.0. The predicted molar refractivity (Wildman–Crippen MR) is 73.6 cm³/mol. The smallest absolute Gasteiger partial charge is 0.250 e. The fourth-order valence-electron chi connectivity index (χ4n) is 1.00. The van der Waals surface area contributed by atoms with E-state index in [4.69, 9.17) is 4.43 Å². The molecule has 0 radical (unpaired) electrons. The van der Waals surface area contributed by atoms with Crippen molar-refractivity contribution < 1.29 is 9.53 Å². The third-order valence-corrected chi connectivity index (χ3v) is 8.05. The van der Waals surface area contributed by atoms with Crippen molar-refractivity contribution in [1.82, 2.24) is 0 Å². The molecule has 90 valence electrons. The van der Waals surface area contributed by atoms with Gasteiger partial charge in [0.1, 0.15) is 11.5 Å². The lowest BCUT2D eigenvalue weighted by Gasteiger charge is -2.36. The third-order valence-electron chi connectivity index (χ3n) is 3.09. The highest BCUT2D eigenvalue weighted by molar-refractivity contribution is 9.10. The zero-order valence-corrected chi connectivity index (χ0v) is 13.1. The molecule has 0 fully saturated rings. The van der Waals surface area contributed by atoms with Gasteiger partial charge < -0.3 is 9.53 Å². The Hall–Kier alpha value is -0.483. The standard InChI is InChI=1S/C12H19BrO2Si/c1-12(2,3)16(4,5)15-11-7-6-9(14)8-10(11)13/h6-8,14H,1-5H3. The van der Waals surface area contributed by atoms with Crippen LogP contribution in [0.3, 0.4) is 0 Å². The first-order valence-corrected chi connectivity index (χ1v) is 9.01. The van der Waals surface area contributed by atoms with E-state index in [1.807, 2.05) is 0 Å². The number of halogens is 1. The predicted octanol–water partition coefficient (Wildman–Crippen LogP) is 4.54. The molecule has 16 heavy (non-hydrogen) atoms. The molecule has 1 N–H and O–H groups in total. The Morgan fingerprint density at radius 3 is 2.25 bits per heavy atom. The van der Waals surface area contributed by atoms with Crippen molar-refractivity contribution in [1.29, 1.82) is 0 Å². The number of rotatable bonds is 2. The van der Waals surface area contributed by atoms with Gasteiger partial charge in [0, 0.05) is 0 Å². The van der Waals surface area contributed by atoms with Gasteiger partial charge in [-0.05, 0) is 52.3 Å². The number of aromatic hydroxyl groups is 1. The summed E-state index contributed by atoms with van der Waals surface area (Å²) in [5, 5.41) is 9.49. The molecule has 0 aliphatic heterocycles. The van der Waals surface area contributed by atoms with Gasteiger partial charge in [0.15, 0.2) is 0 Å². The fourth-order valence-corrected chi connectivity index (χ4v) is 2.63. The maximum absolute atomic E-state index is 9.32. The van der Waals surface area contributed by atoms with Crippen LogP contribution in [0.1, 0.15) is 20.8 Å². The molecule has 0 aliphatic rings. The molecule has 0 amide bonds. The Labute approximate surface area is 107 Å². The van der Waals surface area contributed by atoms with E-state index in [9.17, 15) is 5.11 Å². The molecular weight excluding hydrogens is 284 g/mol. The highest BCUT2D eigenvalue weighted by Crippen LogP contribution is 2.39. The largest absolute Gasteiger partial charge is 0.543 e. The highest BCUT2D eigenvalue weighted by atomic mass is 79.9. The fraction of sp³-hybridized carbons (Fsp3) is 0.500. The first kappa shape index (κ1) is 13.6. The van der Waals surface area contributed by atoms with Crippen LogP contribution in [-0.4, -0.2) is 13.4 Å². The van der Waals surface area contributed by atoms with E-state index in [1.165, 1.54) is 0 Å². The Morgan fingerprint density at radius 2 is 1.81 bits per heavy atom. The van der Waals surface area contributed by atoms with Gasteiger partial charge in [-0.2, -0.15) is 0 Å². The monoisotopic (exact) mass is 302 g/mol. The second-order valence-corrected chi connectivity index (χ2v) is 11.1. The van der Waals surface area contributed by atoms with E-state index >= 15 is 0 Å². The van der Waals surface area contributed by atoms with Crippen molar-refractivity contribution in [2.45, 2.75) is 38.9 Å². The first-order valence-electron chi connectivity index (χ1n) is 5.31. The van der Waals surface area contributed by atoms with Crippen LogP contribution >= 0.6 is 15.9 Å². The minimum atomic E-state index is -1.81. The average molecular weight is 303 g/mol.